The van der Waals surface area contributed by atoms with Gasteiger partial charge in [-0.3, -0.25) is 4.90 Å². The lowest BCUT2D eigenvalue weighted by Crippen LogP contribution is -2.12. The summed E-state index contributed by atoms with van der Waals surface area (Å²) in [7, 11) is -3.45. The summed E-state index contributed by atoms with van der Waals surface area (Å²) in [5.41, 5.74) is 0. The van der Waals surface area contributed by atoms with Crippen LogP contribution in [0.15, 0.2) is 64.4 Å². The van der Waals surface area contributed by atoms with Crippen LogP contribution in [0.3, 0.4) is 0 Å². The summed E-state index contributed by atoms with van der Waals surface area (Å²) in [6, 6.07) is 15.7. The molecule has 5 heteroatoms. The predicted octanol–water partition coefficient (Wildman–Crippen LogP) is 2.99. The Morgan fingerprint density at radius 3 is 2.29 bits per heavy atom. The maximum Gasteiger partial charge on any atom is 0.206 e. The molecule has 0 radical (unpaired) electrons. The monoisotopic (exact) mass is 343 g/mol. The quantitative estimate of drug-likeness (QED) is 0.725. The van der Waals surface area contributed by atoms with Gasteiger partial charge in [-0.25, -0.2) is 8.42 Å². The minimum Gasteiger partial charge on any atom is -0.492 e. The van der Waals surface area contributed by atoms with Crippen molar-refractivity contribution >= 4 is 9.84 Å². The van der Waals surface area contributed by atoms with Crippen LogP contribution in [0.5, 0.6) is 5.75 Å². The second-order valence-electron chi connectivity index (χ2n) is 6.65. The molecule has 2 fully saturated rings. The van der Waals surface area contributed by atoms with E-state index in [0.717, 1.165) is 18.2 Å². The summed E-state index contributed by atoms with van der Waals surface area (Å²) in [6.45, 7) is 3.01. The molecule has 1 saturated heterocycles. The molecule has 4 nitrogen and oxygen atoms in total. The van der Waals surface area contributed by atoms with E-state index in [4.69, 9.17) is 4.74 Å². The summed E-state index contributed by atoms with van der Waals surface area (Å²) in [5.74, 6) is 1.64. The second kappa shape index (κ2) is 6.22. The van der Waals surface area contributed by atoms with Crippen LogP contribution in [-0.4, -0.2) is 39.1 Å². The van der Waals surface area contributed by atoms with E-state index in [2.05, 4.69) is 4.90 Å². The van der Waals surface area contributed by atoms with Crippen molar-refractivity contribution in [3.05, 3.63) is 54.6 Å². The summed E-state index contributed by atoms with van der Waals surface area (Å²) < 4.78 is 30.8. The van der Waals surface area contributed by atoms with E-state index in [-0.39, 0.29) is 0 Å². The topological polar surface area (TPSA) is 46.4 Å². The number of nitrogens with zero attached hydrogens (tertiary/aromatic N) is 1. The van der Waals surface area contributed by atoms with E-state index in [1.54, 1.807) is 54.6 Å². The molecule has 126 valence electrons. The van der Waals surface area contributed by atoms with Gasteiger partial charge in [0.15, 0.2) is 0 Å². The van der Waals surface area contributed by atoms with Gasteiger partial charge in [0, 0.05) is 13.1 Å². The highest BCUT2D eigenvalue weighted by atomic mass is 32.2. The Kier molecular flexibility index (Phi) is 4.06. The van der Waals surface area contributed by atoms with E-state index in [1.807, 2.05) is 0 Å². The number of hydrogen-bond donors (Lipinski definition) is 0. The zero-order valence-electron chi connectivity index (χ0n) is 13.5. The lowest BCUT2D eigenvalue weighted by atomic mass is 10.3. The van der Waals surface area contributed by atoms with E-state index in [0.29, 0.717) is 22.4 Å². The highest BCUT2D eigenvalue weighted by molar-refractivity contribution is 7.91. The first kappa shape index (κ1) is 15.7. The van der Waals surface area contributed by atoms with Gasteiger partial charge in [0.25, 0.3) is 0 Å². The predicted molar refractivity (Wildman–Crippen MR) is 91.9 cm³/mol. The number of rotatable bonds is 7. The van der Waals surface area contributed by atoms with Crippen LogP contribution in [0.2, 0.25) is 0 Å². The van der Waals surface area contributed by atoms with E-state index < -0.39 is 9.84 Å². The van der Waals surface area contributed by atoms with Gasteiger partial charge in [0.05, 0.1) is 15.8 Å². The third-order valence-electron chi connectivity index (χ3n) is 4.65. The number of sulfone groups is 1. The Labute approximate surface area is 143 Å². The Hall–Kier alpha value is -1.85. The number of hydrogen-bond acceptors (Lipinski definition) is 4. The molecule has 2 atom stereocenters. The fourth-order valence-electron chi connectivity index (χ4n) is 2.88. The molecule has 0 aromatic heterocycles. The summed E-state index contributed by atoms with van der Waals surface area (Å²) in [6.07, 6.45) is 2.75. The van der Waals surface area contributed by atoms with Crippen LogP contribution in [0, 0.1) is 5.92 Å². The average molecular weight is 343 g/mol. The minimum atomic E-state index is -3.45. The standard InChI is InChI=1S/C19H21NO3S/c21-24(22,18-4-2-1-3-5-18)19-10-8-17(9-11-19)23-14-16-13-20(16)12-15-6-7-15/h1-5,8-11,15-16H,6-7,12-14H2. The summed E-state index contributed by atoms with van der Waals surface area (Å²) >= 11 is 0. The molecule has 1 aliphatic carbocycles. The molecule has 1 saturated carbocycles. The maximum absolute atomic E-state index is 12.5. The minimum absolute atomic E-state index is 0.294. The molecular weight excluding hydrogens is 322 g/mol. The van der Waals surface area contributed by atoms with Crippen LogP contribution in [-0.2, 0) is 9.84 Å². The average Bonchev–Trinajstić information content (AvgIpc) is 3.53. The third-order valence-corrected chi connectivity index (χ3v) is 6.43. The number of benzene rings is 2. The van der Waals surface area contributed by atoms with Gasteiger partial charge >= 0.3 is 0 Å². The third kappa shape index (κ3) is 3.47. The molecule has 0 bridgehead atoms. The zero-order chi connectivity index (χ0) is 16.6. The van der Waals surface area contributed by atoms with Gasteiger partial charge in [0.1, 0.15) is 12.4 Å². The van der Waals surface area contributed by atoms with Crippen molar-refractivity contribution < 1.29 is 13.2 Å². The molecule has 0 spiro atoms. The molecule has 2 aromatic carbocycles. The lowest BCUT2D eigenvalue weighted by Gasteiger charge is -2.08. The van der Waals surface area contributed by atoms with Gasteiger partial charge in [-0.15, -0.1) is 0 Å². The van der Waals surface area contributed by atoms with Crippen molar-refractivity contribution in [2.45, 2.75) is 28.7 Å². The van der Waals surface area contributed by atoms with Crippen LogP contribution < -0.4 is 4.74 Å². The first-order chi connectivity index (χ1) is 11.6. The first-order valence-corrected chi connectivity index (χ1v) is 9.88. The van der Waals surface area contributed by atoms with Crippen molar-refractivity contribution in [1.82, 2.24) is 4.90 Å². The summed E-state index contributed by atoms with van der Waals surface area (Å²) in [5, 5.41) is 0. The van der Waals surface area contributed by atoms with Crippen LogP contribution >= 0.6 is 0 Å². The number of ether oxygens (including phenoxy) is 1. The Morgan fingerprint density at radius 1 is 0.958 bits per heavy atom. The fourth-order valence-corrected chi connectivity index (χ4v) is 4.16. The molecule has 2 aliphatic rings. The van der Waals surface area contributed by atoms with Crippen LogP contribution in [0.25, 0.3) is 0 Å². The molecule has 24 heavy (non-hydrogen) atoms. The molecule has 0 amide bonds. The van der Waals surface area contributed by atoms with E-state index in [9.17, 15) is 8.42 Å². The van der Waals surface area contributed by atoms with E-state index >= 15 is 0 Å². The van der Waals surface area contributed by atoms with Gasteiger partial charge < -0.3 is 4.74 Å². The van der Waals surface area contributed by atoms with Gasteiger partial charge in [-0.05, 0) is 55.2 Å². The largest absolute Gasteiger partial charge is 0.492 e. The fraction of sp³-hybridized carbons (Fsp3) is 0.368. The van der Waals surface area contributed by atoms with Crippen molar-refractivity contribution in [2.75, 3.05) is 19.7 Å². The Balaban J connectivity index is 1.36. The van der Waals surface area contributed by atoms with E-state index in [1.165, 1.54) is 19.4 Å². The zero-order valence-corrected chi connectivity index (χ0v) is 14.3. The summed E-state index contributed by atoms with van der Waals surface area (Å²) in [4.78, 5) is 3.06. The van der Waals surface area contributed by atoms with Crippen LogP contribution in [0.4, 0.5) is 0 Å². The Bertz CT molecular complexity index is 798. The highest BCUT2D eigenvalue weighted by Gasteiger charge is 2.38. The first-order valence-electron chi connectivity index (χ1n) is 8.40. The molecule has 2 unspecified atom stereocenters. The normalized spacial score (nSPS) is 23.0. The van der Waals surface area contributed by atoms with Crippen molar-refractivity contribution in [3.8, 4) is 5.75 Å². The Morgan fingerprint density at radius 2 is 1.62 bits per heavy atom. The molecule has 1 aliphatic heterocycles. The molecule has 0 N–H and O–H groups in total. The van der Waals surface area contributed by atoms with Crippen molar-refractivity contribution in [3.63, 3.8) is 0 Å². The van der Waals surface area contributed by atoms with Crippen LogP contribution in [0.1, 0.15) is 12.8 Å². The van der Waals surface area contributed by atoms with Crippen molar-refractivity contribution in [2.24, 2.45) is 5.92 Å². The molecule has 4 rings (SSSR count). The van der Waals surface area contributed by atoms with Gasteiger partial charge in [0.2, 0.25) is 9.84 Å². The molecular formula is C19H21NO3S. The highest BCUT2D eigenvalue weighted by Crippen LogP contribution is 2.33. The van der Waals surface area contributed by atoms with Crippen molar-refractivity contribution in [1.29, 1.82) is 0 Å². The lowest BCUT2D eigenvalue weighted by molar-refractivity contribution is 0.292. The smallest absolute Gasteiger partial charge is 0.206 e. The molecule has 2 aromatic rings. The maximum atomic E-state index is 12.5. The SMILES string of the molecule is O=S(=O)(c1ccccc1)c1ccc(OCC2CN2CC2CC2)cc1. The van der Waals surface area contributed by atoms with Gasteiger partial charge in [-0.2, -0.15) is 0 Å². The second-order valence-corrected chi connectivity index (χ2v) is 8.60. The van der Waals surface area contributed by atoms with Gasteiger partial charge in [-0.1, -0.05) is 18.2 Å². The molecule has 1 heterocycles.